The number of nitrogens with zero attached hydrogens (tertiary/aromatic N) is 1. The van der Waals surface area contributed by atoms with Gasteiger partial charge in [-0.3, -0.25) is 18.6 Å². The summed E-state index contributed by atoms with van der Waals surface area (Å²) in [7, 11) is 1.47. The number of allylic oxidation sites excluding steroid dienone is 24. The number of hydrogen-bond donors (Lipinski definition) is 1. The predicted octanol–water partition coefficient (Wildman–Crippen LogP) is 23.4. The van der Waals surface area contributed by atoms with Gasteiger partial charge in [-0.1, -0.05) is 301 Å². The number of likely N-dealkylation sites (N-methyl/N-ethyl adjacent to an activating group) is 1. The average molecular weight is 1240 g/mol. The van der Waals surface area contributed by atoms with E-state index < -0.39 is 26.5 Å². The zero-order valence-electron chi connectivity index (χ0n) is 57.2. The molecular formula is C78H133NO8P+. The molecule has 0 fully saturated rings. The molecule has 0 rings (SSSR count). The van der Waals surface area contributed by atoms with Crippen LogP contribution in [0.5, 0.6) is 0 Å². The van der Waals surface area contributed by atoms with Crippen LogP contribution in [0.25, 0.3) is 0 Å². The van der Waals surface area contributed by atoms with Gasteiger partial charge in [0.15, 0.2) is 6.10 Å². The Labute approximate surface area is 542 Å². The minimum absolute atomic E-state index is 0.0253. The first-order chi connectivity index (χ1) is 43.0. The maximum atomic E-state index is 12.9. The summed E-state index contributed by atoms with van der Waals surface area (Å²) in [6.45, 7) is 4.21. The molecule has 502 valence electrons. The topological polar surface area (TPSA) is 108 Å². The van der Waals surface area contributed by atoms with Gasteiger partial charge in [0.05, 0.1) is 27.7 Å². The van der Waals surface area contributed by atoms with Crippen LogP contribution in [0.4, 0.5) is 0 Å². The monoisotopic (exact) mass is 1240 g/mol. The normalized spacial score (nSPS) is 14.0. The molecule has 0 aliphatic rings. The van der Waals surface area contributed by atoms with Gasteiger partial charge < -0.3 is 18.9 Å². The molecule has 2 unspecified atom stereocenters. The smallest absolute Gasteiger partial charge is 0.462 e. The third kappa shape index (κ3) is 71.0. The highest BCUT2D eigenvalue weighted by molar-refractivity contribution is 7.47. The first kappa shape index (κ1) is 83.9. The minimum Gasteiger partial charge on any atom is -0.462 e. The number of ether oxygens (including phenoxy) is 2. The molecule has 0 spiro atoms. The minimum atomic E-state index is -4.40. The molecule has 0 amide bonds. The van der Waals surface area contributed by atoms with Crippen molar-refractivity contribution >= 4 is 19.8 Å². The summed E-state index contributed by atoms with van der Waals surface area (Å²) in [6, 6.07) is 0. The molecule has 9 nitrogen and oxygen atoms in total. The summed E-state index contributed by atoms with van der Waals surface area (Å²) in [5, 5.41) is 0. The second-order valence-electron chi connectivity index (χ2n) is 24.5. The largest absolute Gasteiger partial charge is 0.472 e. The molecule has 0 heterocycles. The Kier molecular flexibility index (Phi) is 64.1. The van der Waals surface area contributed by atoms with Crippen molar-refractivity contribution < 1.29 is 42.1 Å². The summed E-state index contributed by atoms with van der Waals surface area (Å²) in [5.41, 5.74) is 0. The highest BCUT2D eigenvalue weighted by Crippen LogP contribution is 2.43. The quantitative estimate of drug-likeness (QED) is 0.0211. The van der Waals surface area contributed by atoms with Crippen molar-refractivity contribution in [3.8, 4) is 0 Å². The summed E-state index contributed by atoms with van der Waals surface area (Å²) >= 11 is 0. The van der Waals surface area contributed by atoms with E-state index in [0.717, 1.165) is 128 Å². The average Bonchev–Trinajstić information content (AvgIpc) is 3.68. The van der Waals surface area contributed by atoms with Gasteiger partial charge in [0.1, 0.15) is 19.8 Å². The molecule has 0 aliphatic heterocycles. The fourth-order valence-corrected chi connectivity index (χ4v) is 10.2. The van der Waals surface area contributed by atoms with Gasteiger partial charge in [-0.2, -0.15) is 0 Å². The molecule has 0 bridgehead atoms. The Balaban J connectivity index is 4.04. The second kappa shape index (κ2) is 67.3. The molecule has 10 heteroatoms. The molecule has 2 atom stereocenters. The highest BCUT2D eigenvalue weighted by atomic mass is 31.2. The summed E-state index contributed by atoms with van der Waals surface area (Å²) < 4.78 is 34.7. The van der Waals surface area contributed by atoms with Gasteiger partial charge in [-0.15, -0.1) is 0 Å². The molecule has 0 aliphatic carbocycles. The van der Waals surface area contributed by atoms with Gasteiger partial charge in [-0.25, -0.2) is 4.57 Å². The van der Waals surface area contributed by atoms with Gasteiger partial charge in [-0.05, 0) is 116 Å². The van der Waals surface area contributed by atoms with Crippen molar-refractivity contribution in [1.29, 1.82) is 0 Å². The van der Waals surface area contributed by atoms with Gasteiger partial charge in [0, 0.05) is 12.8 Å². The van der Waals surface area contributed by atoms with Crippen molar-refractivity contribution in [1.82, 2.24) is 0 Å². The lowest BCUT2D eigenvalue weighted by Crippen LogP contribution is -2.37. The highest BCUT2D eigenvalue weighted by Gasteiger charge is 2.27. The fourth-order valence-electron chi connectivity index (χ4n) is 9.50. The Bertz CT molecular complexity index is 2000. The van der Waals surface area contributed by atoms with Crippen LogP contribution in [0.3, 0.4) is 0 Å². The van der Waals surface area contributed by atoms with Gasteiger partial charge in [0.2, 0.25) is 0 Å². The molecule has 0 radical (unpaired) electrons. The first-order valence-electron chi connectivity index (χ1n) is 35.6. The molecule has 0 aromatic rings. The lowest BCUT2D eigenvalue weighted by Gasteiger charge is -2.24. The van der Waals surface area contributed by atoms with E-state index in [4.69, 9.17) is 18.5 Å². The Hall–Kier alpha value is -4.11. The Morgan fingerprint density at radius 3 is 0.909 bits per heavy atom. The van der Waals surface area contributed by atoms with E-state index in [9.17, 15) is 19.0 Å². The molecule has 0 aromatic heterocycles. The molecule has 0 aromatic carbocycles. The van der Waals surface area contributed by atoms with Crippen LogP contribution in [-0.2, 0) is 32.7 Å². The number of unbranched alkanes of at least 4 members (excludes halogenated alkanes) is 26. The van der Waals surface area contributed by atoms with E-state index in [2.05, 4.69) is 160 Å². The molecule has 88 heavy (non-hydrogen) atoms. The molecular weight excluding hydrogens is 1110 g/mol. The van der Waals surface area contributed by atoms with Crippen molar-refractivity contribution in [3.63, 3.8) is 0 Å². The lowest BCUT2D eigenvalue weighted by molar-refractivity contribution is -0.870. The van der Waals surface area contributed by atoms with Crippen molar-refractivity contribution in [2.24, 2.45) is 0 Å². The molecule has 0 saturated heterocycles. The number of phosphoric ester groups is 1. The number of carbonyl (C=O) groups excluding carboxylic acids is 2. The Morgan fingerprint density at radius 1 is 0.352 bits per heavy atom. The number of rotatable bonds is 64. The lowest BCUT2D eigenvalue weighted by atomic mass is 10.0. The maximum absolute atomic E-state index is 12.9. The van der Waals surface area contributed by atoms with E-state index in [1.807, 2.05) is 21.1 Å². The zero-order chi connectivity index (χ0) is 64.1. The SMILES string of the molecule is CC/C=C\C/C=C\C/C=C\C/C=C\C/C=C\C/C=C\C/C=C\CCCCCCCCCCCCCCCCCCCC(=O)OC(COC(=O)CCCCCCCCCCC/C=C\C/C=C\C/C=C\C/C=C\C/C=C\CC)COP(=O)(O)OCC[N+](C)(C)C. The zero-order valence-corrected chi connectivity index (χ0v) is 58.1. The van der Waals surface area contributed by atoms with Crippen LogP contribution in [0.15, 0.2) is 146 Å². The number of carbonyl (C=O) groups is 2. The summed E-state index contributed by atoms with van der Waals surface area (Å²) in [5.74, 6) is -0.804. The second-order valence-corrected chi connectivity index (χ2v) is 26.0. The van der Waals surface area contributed by atoms with E-state index in [1.54, 1.807) is 0 Å². The fraction of sp³-hybridized carbons (Fsp3) is 0.667. The first-order valence-corrected chi connectivity index (χ1v) is 37.1. The summed E-state index contributed by atoms with van der Waals surface area (Å²) in [4.78, 5) is 35.9. The van der Waals surface area contributed by atoms with E-state index in [1.165, 1.54) is 122 Å². The van der Waals surface area contributed by atoms with Crippen LogP contribution in [0, 0.1) is 0 Å². The van der Waals surface area contributed by atoms with Crippen LogP contribution in [-0.4, -0.2) is 74.9 Å². The van der Waals surface area contributed by atoms with Crippen molar-refractivity contribution in [3.05, 3.63) is 146 Å². The van der Waals surface area contributed by atoms with Crippen LogP contribution in [0.1, 0.15) is 284 Å². The third-order valence-corrected chi connectivity index (χ3v) is 15.8. The van der Waals surface area contributed by atoms with E-state index in [-0.39, 0.29) is 32.0 Å². The van der Waals surface area contributed by atoms with Crippen LogP contribution in [0.2, 0.25) is 0 Å². The molecule has 1 N–H and O–H groups in total. The maximum Gasteiger partial charge on any atom is 0.472 e. The number of phosphoric acid groups is 1. The number of hydrogen-bond acceptors (Lipinski definition) is 7. The Morgan fingerprint density at radius 2 is 0.614 bits per heavy atom. The van der Waals surface area contributed by atoms with E-state index in [0.29, 0.717) is 17.4 Å². The predicted molar refractivity (Wildman–Crippen MR) is 380 cm³/mol. The summed E-state index contributed by atoms with van der Waals surface area (Å²) in [6.07, 6.45) is 99.5. The van der Waals surface area contributed by atoms with Gasteiger partial charge >= 0.3 is 19.8 Å². The van der Waals surface area contributed by atoms with E-state index >= 15 is 0 Å². The third-order valence-electron chi connectivity index (χ3n) is 14.9. The van der Waals surface area contributed by atoms with Gasteiger partial charge in [0.25, 0.3) is 0 Å². The van der Waals surface area contributed by atoms with Crippen molar-refractivity contribution in [2.45, 2.75) is 290 Å². The van der Waals surface area contributed by atoms with Crippen LogP contribution >= 0.6 is 7.82 Å². The number of esters is 2. The van der Waals surface area contributed by atoms with Crippen molar-refractivity contribution in [2.75, 3.05) is 47.5 Å². The molecule has 0 saturated carbocycles. The number of quaternary nitrogens is 1. The standard InChI is InChI=1S/C78H132NO8P/c1-6-8-10-12-14-16-18-20-22-24-26-28-30-32-33-34-35-36-37-38-39-40-41-42-43-44-45-47-49-51-53-55-57-59-61-63-65-67-69-71-78(81)87-76(75-86-88(82,83)85-73-72-79(3,4)5)74-84-77(80)70-68-66-64-62-60-58-56-54-52-50-48-46-31-29-27-25-23-21-19-17-15-13-11-9-7-2/h8-11,14-17,20-23,26-29,32-33,35-36,38-39,46,48,76H,6-7,12-13,18-19,24-25,30-31,34,37,40-45,47,49-75H2,1-5H3/p+1/b10-8-,11-9-,16-14-,17-15-,22-20-,23-21-,28-26-,29-27-,33-32-,36-35-,39-38-,48-46-. The van der Waals surface area contributed by atoms with Crippen LogP contribution < -0.4 is 0 Å².